The highest BCUT2D eigenvalue weighted by Gasteiger charge is 2.84. The Morgan fingerprint density at radius 1 is 0.330 bits per heavy atom. The third kappa shape index (κ3) is 13.3. The van der Waals surface area contributed by atoms with Gasteiger partial charge in [0.05, 0.1) is 25.2 Å². The summed E-state index contributed by atoms with van der Waals surface area (Å²) in [4.78, 5) is 0. The molecule has 2 aliphatic heterocycles. The summed E-state index contributed by atoms with van der Waals surface area (Å²) in [6, 6.07) is 123. The monoisotopic (exact) mass is 1370 g/mol. The molecule has 0 aromatic heterocycles. The van der Waals surface area contributed by atoms with E-state index in [0.29, 0.717) is 0 Å². The van der Waals surface area contributed by atoms with Gasteiger partial charge >= 0.3 is 0 Å². The lowest BCUT2D eigenvalue weighted by Crippen LogP contribution is -2.90. The zero-order chi connectivity index (χ0) is 70.6. The molecule has 11 nitrogen and oxygen atoms in total. The van der Waals surface area contributed by atoms with Gasteiger partial charge < -0.3 is 54.0 Å². The summed E-state index contributed by atoms with van der Waals surface area (Å²) >= 11 is 0. The first kappa shape index (κ1) is 70.2. The maximum absolute atomic E-state index is 15.4. The van der Waals surface area contributed by atoms with Gasteiger partial charge in [0.2, 0.25) is 0 Å². The molecule has 520 valence electrons. The van der Waals surface area contributed by atoms with Gasteiger partial charge in [0.25, 0.3) is 0 Å². The fraction of sp³-hybridized carbons (Fsp3) is 0.217. The largest absolute Gasteiger partial charge is 0.394 e. The van der Waals surface area contributed by atoms with Crippen molar-refractivity contribution < 1.29 is 54.0 Å². The van der Waals surface area contributed by atoms with Crippen molar-refractivity contribution in [1.29, 1.82) is 0 Å². The number of hydrogen-bond donors (Lipinski definition) is 5. The molecule has 0 spiro atoms. The normalized spacial score (nSPS) is 23.4. The van der Waals surface area contributed by atoms with Crippen LogP contribution in [0.1, 0.15) is 66.8 Å². The fourth-order valence-electron chi connectivity index (χ4n) is 16.5. The summed E-state index contributed by atoms with van der Waals surface area (Å²) in [6.45, 7) is -1.01. The predicted molar refractivity (Wildman–Crippen MR) is 399 cm³/mol. The van der Waals surface area contributed by atoms with E-state index in [2.05, 4.69) is 146 Å². The van der Waals surface area contributed by atoms with Crippen molar-refractivity contribution in [3.63, 3.8) is 0 Å². The lowest BCUT2D eigenvalue weighted by atomic mass is 9.44. The zero-order valence-corrected chi connectivity index (χ0v) is 57.3. The smallest absolute Gasteiger partial charge is 0.190 e. The molecule has 0 radical (unpaired) electrons. The van der Waals surface area contributed by atoms with Crippen molar-refractivity contribution in [3.05, 3.63) is 431 Å². The van der Waals surface area contributed by atoms with Crippen LogP contribution in [0.3, 0.4) is 0 Å². The Bertz CT molecular complexity index is 4350. The number of hydrogen-bond acceptors (Lipinski definition) is 11. The van der Waals surface area contributed by atoms with Crippen molar-refractivity contribution in [1.82, 2.24) is 0 Å². The van der Waals surface area contributed by atoms with Gasteiger partial charge in [-0.1, -0.05) is 364 Å². The third-order valence-corrected chi connectivity index (χ3v) is 21.1. The number of aliphatic hydroxyl groups is 5. The lowest BCUT2D eigenvalue weighted by molar-refractivity contribution is -0.466. The van der Waals surface area contributed by atoms with Gasteiger partial charge in [0.1, 0.15) is 58.5 Å². The van der Waals surface area contributed by atoms with E-state index in [1.165, 1.54) is 0 Å². The quantitative estimate of drug-likeness (QED) is 0.0312. The van der Waals surface area contributed by atoms with Crippen molar-refractivity contribution in [2.45, 2.75) is 115 Å². The summed E-state index contributed by atoms with van der Waals surface area (Å²) < 4.78 is 50.3. The van der Waals surface area contributed by atoms with Crippen LogP contribution in [0.25, 0.3) is 0 Å². The van der Waals surface area contributed by atoms with E-state index in [0.717, 1.165) is 66.8 Å². The first-order valence-corrected chi connectivity index (χ1v) is 35.5. The van der Waals surface area contributed by atoms with Gasteiger partial charge in [-0.3, -0.25) is 0 Å². The molecule has 2 fully saturated rings. The Balaban J connectivity index is 1.30. The molecule has 11 heteroatoms. The minimum atomic E-state index is -2.34. The van der Waals surface area contributed by atoms with Crippen molar-refractivity contribution in [2.24, 2.45) is 0 Å². The highest BCUT2D eigenvalue weighted by Crippen LogP contribution is 2.68. The van der Waals surface area contributed by atoms with E-state index in [4.69, 9.17) is 23.7 Å². The molecule has 2 heterocycles. The molecule has 11 atom stereocenters. The Kier molecular flexibility index (Phi) is 21.4. The zero-order valence-electron chi connectivity index (χ0n) is 57.3. The topological polar surface area (TPSA) is 157 Å². The van der Waals surface area contributed by atoms with E-state index in [1.807, 2.05) is 218 Å². The minimum Gasteiger partial charge on any atom is -0.394 e. The molecule has 1 unspecified atom stereocenters. The molecule has 12 aromatic rings. The Labute approximate surface area is 603 Å². The van der Waals surface area contributed by atoms with Crippen molar-refractivity contribution in [3.8, 4) is 0 Å². The van der Waals surface area contributed by atoms with E-state index >= 15 is 5.11 Å². The van der Waals surface area contributed by atoms with Gasteiger partial charge in [0, 0.05) is 25.7 Å². The summed E-state index contributed by atoms with van der Waals surface area (Å²) in [5.41, 5.74) is -3.18. The molecule has 0 saturated carbocycles. The number of ether oxygens (including phenoxy) is 6. The number of aliphatic hydroxyl groups excluding tert-OH is 5. The Hall–Kier alpha value is -9.80. The average Bonchev–Trinajstić information content (AvgIpc) is 0.646. The fourth-order valence-corrected chi connectivity index (χ4v) is 16.5. The van der Waals surface area contributed by atoms with Gasteiger partial charge in [0.15, 0.2) is 12.6 Å². The molecule has 2 saturated heterocycles. The summed E-state index contributed by atoms with van der Waals surface area (Å²) in [5.74, 6) is 0. The average molecular weight is 1370 g/mol. The molecule has 14 rings (SSSR count). The highest BCUT2D eigenvalue weighted by molar-refractivity contribution is 5.60. The van der Waals surface area contributed by atoms with Crippen LogP contribution in [0.5, 0.6) is 0 Å². The standard InChI is InChI=1S/C92H86O11/c93-65-80-81(94)82(95)83(96)85(100-80)101-86-84(97)87(61-68-37-13-1-14-38-68,98-66-72-45-21-5-22-46-72)88(62-69-39-15-2-16-40-69,99-67-73-47-23-6-24-48-73)89(102-86,63-70-41-17-3-18-42-70)90(64-71-43-19-4-20-44-71,91(74-49-25-7-26-50-74,75-51-27-8-28-52-75)76-53-29-9-30-54-76)103-92(77-55-31-10-32-56-77,78-57-33-11-34-58-78)79-59-35-12-36-60-79/h1-60,80-86,93-97H,61-67H2/t80-,81-,82+,83-,84+,85-,86+,87-,88+,89+,90?/m1/s1. The second-order valence-electron chi connectivity index (χ2n) is 27.1. The maximum atomic E-state index is 15.4. The van der Waals surface area contributed by atoms with Crippen LogP contribution in [0.2, 0.25) is 0 Å². The van der Waals surface area contributed by atoms with E-state index < -0.39 is 83.1 Å². The molecule has 2 aliphatic rings. The van der Waals surface area contributed by atoms with Crippen LogP contribution in [0.15, 0.2) is 364 Å². The van der Waals surface area contributed by atoms with E-state index in [-0.39, 0.29) is 38.9 Å². The number of rotatable bonds is 27. The van der Waals surface area contributed by atoms with Crippen LogP contribution in [0.4, 0.5) is 0 Å². The highest BCUT2D eigenvalue weighted by atomic mass is 16.8. The van der Waals surface area contributed by atoms with Crippen molar-refractivity contribution in [2.75, 3.05) is 6.61 Å². The summed E-state index contributed by atoms with van der Waals surface area (Å²) in [7, 11) is 0. The molecule has 5 N–H and O–H groups in total. The SMILES string of the molecule is OC[C@H]1O[C@H](O[C@H]2O[C@](Cc3ccccc3)(C(Cc3ccccc3)(OC(c3ccccc3)(c3ccccc3)c3ccccc3)C(c3ccccc3)(c3ccccc3)c3ccccc3)[C@@](Cc3ccccc3)(OCc3ccccc3)[C@](Cc3ccccc3)(OCc3ccccc3)[C@H]2O)[C@H](O)[C@@H](O)[C@@H]1O. The second kappa shape index (κ2) is 31.4. The van der Waals surface area contributed by atoms with E-state index in [9.17, 15) is 25.2 Å². The minimum absolute atomic E-state index is 0.0538. The van der Waals surface area contributed by atoms with Crippen LogP contribution in [-0.2, 0) is 78.3 Å². The predicted octanol–water partition coefficient (Wildman–Crippen LogP) is 14.9. The molecular weight excluding hydrogens is 1280 g/mol. The molecule has 103 heavy (non-hydrogen) atoms. The lowest BCUT2D eigenvalue weighted by Gasteiger charge is -2.73. The molecular formula is C92H86O11. The van der Waals surface area contributed by atoms with E-state index in [1.54, 1.807) is 0 Å². The van der Waals surface area contributed by atoms with Gasteiger partial charge in [-0.05, 0) is 66.8 Å². The van der Waals surface area contributed by atoms with Crippen molar-refractivity contribution >= 4 is 0 Å². The third-order valence-electron chi connectivity index (χ3n) is 21.1. The maximum Gasteiger partial charge on any atom is 0.190 e. The van der Waals surface area contributed by atoms with Crippen LogP contribution in [0, 0.1) is 0 Å². The van der Waals surface area contributed by atoms with Crippen LogP contribution < -0.4 is 0 Å². The number of benzene rings is 12. The summed E-state index contributed by atoms with van der Waals surface area (Å²) in [5, 5.41) is 62.7. The molecule has 0 amide bonds. The second-order valence-corrected chi connectivity index (χ2v) is 27.1. The summed E-state index contributed by atoms with van der Waals surface area (Å²) in [6.07, 6.45) is -13.4. The Morgan fingerprint density at radius 3 is 1.05 bits per heavy atom. The molecule has 12 aromatic carbocycles. The first-order valence-electron chi connectivity index (χ1n) is 35.5. The van der Waals surface area contributed by atoms with Gasteiger partial charge in [-0.25, -0.2) is 0 Å². The van der Waals surface area contributed by atoms with Crippen LogP contribution >= 0.6 is 0 Å². The molecule has 0 bridgehead atoms. The van der Waals surface area contributed by atoms with Crippen LogP contribution in [-0.4, -0.2) is 97.6 Å². The Morgan fingerprint density at radius 2 is 0.660 bits per heavy atom. The first-order chi connectivity index (χ1) is 50.6. The van der Waals surface area contributed by atoms with Gasteiger partial charge in [-0.2, -0.15) is 0 Å². The van der Waals surface area contributed by atoms with Gasteiger partial charge in [-0.15, -0.1) is 0 Å². The molecule has 0 aliphatic carbocycles.